The molecule has 25 heavy (non-hydrogen) atoms. The monoisotopic (exact) mass is 359 g/mol. The molecule has 132 valence electrons. The third-order valence-corrected chi connectivity index (χ3v) is 5.07. The highest BCUT2D eigenvalue weighted by atomic mass is 32.1. The van der Waals surface area contributed by atoms with Gasteiger partial charge >= 0.3 is 0 Å². The molecule has 2 aromatic rings. The van der Waals surface area contributed by atoms with Crippen molar-refractivity contribution in [2.24, 2.45) is 0 Å². The van der Waals surface area contributed by atoms with E-state index in [0.29, 0.717) is 30.2 Å². The molecule has 0 radical (unpaired) electrons. The van der Waals surface area contributed by atoms with Crippen LogP contribution in [0.5, 0.6) is 0 Å². The number of benzene rings is 1. The van der Waals surface area contributed by atoms with Gasteiger partial charge in [0.25, 0.3) is 5.91 Å². The molecule has 0 spiro atoms. The van der Waals surface area contributed by atoms with Crippen LogP contribution in [0.25, 0.3) is 5.69 Å². The van der Waals surface area contributed by atoms with Gasteiger partial charge in [-0.15, -0.1) is 0 Å². The number of para-hydroxylation sites is 1. The highest BCUT2D eigenvalue weighted by Gasteiger charge is 2.34. The fourth-order valence-corrected chi connectivity index (χ4v) is 3.76. The molecule has 3 heterocycles. The van der Waals surface area contributed by atoms with Crippen LogP contribution in [0.2, 0.25) is 0 Å². The zero-order valence-electron chi connectivity index (χ0n) is 13.9. The van der Waals surface area contributed by atoms with Gasteiger partial charge in [0.1, 0.15) is 11.8 Å². The second kappa shape index (κ2) is 7.11. The standard InChI is InChI=1S/C18H21N3O3S/c22-17(20-8-10-24-16(12-20)15-7-4-9-23-15)14-11-19-18(25)21(14)13-5-2-1-3-6-13/h1-3,5-6,11,15-16H,4,7-10,12H2,(H,19,25)/t15-,16-/m0/s1. The summed E-state index contributed by atoms with van der Waals surface area (Å²) >= 11 is 5.38. The van der Waals surface area contributed by atoms with Crippen LogP contribution >= 0.6 is 12.2 Å². The number of rotatable bonds is 3. The quantitative estimate of drug-likeness (QED) is 0.856. The van der Waals surface area contributed by atoms with Crippen molar-refractivity contribution in [3.63, 3.8) is 0 Å². The predicted molar refractivity (Wildman–Crippen MR) is 95.6 cm³/mol. The predicted octanol–water partition coefficient (Wildman–Crippen LogP) is 2.55. The van der Waals surface area contributed by atoms with Crippen molar-refractivity contribution < 1.29 is 14.3 Å². The summed E-state index contributed by atoms with van der Waals surface area (Å²) in [5.41, 5.74) is 1.42. The van der Waals surface area contributed by atoms with Gasteiger partial charge in [-0.1, -0.05) is 18.2 Å². The van der Waals surface area contributed by atoms with E-state index in [9.17, 15) is 4.79 Å². The lowest BCUT2D eigenvalue weighted by Gasteiger charge is -2.35. The third kappa shape index (κ3) is 3.27. The van der Waals surface area contributed by atoms with Gasteiger partial charge in [0, 0.05) is 31.6 Å². The number of amides is 1. The number of ether oxygens (including phenoxy) is 2. The second-order valence-electron chi connectivity index (χ2n) is 6.36. The van der Waals surface area contributed by atoms with Crippen molar-refractivity contribution in [2.75, 3.05) is 26.3 Å². The minimum Gasteiger partial charge on any atom is -0.375 e. The van der Waals surface area contributed by atoms with Crippen molar-refractivity contribution in [1.29, 1.82) is 0 Å². The normalized spacial score (nSPS) is 23.8. The van der Waals surface area contributed by atoms with E-state index in [0.717, 1.165) is 25.1 Å². The number of imidazole rings is 1. The molecule has 1 N–H and O–H groups in total. The minimum atomic E-state index is -0.0488. The summed E-state index contributed by atoms with van der Waals surface area (Å²) in [7, 11) is 0. The molecule has 2 aliphatic rings. The molecule has 2 fully saturated rings. The number of hydrogen-bond donors (Lipinski definition) is 1. The lowest BCUT2D eigenvalue weighted by Crippen LogP contribution is -2.50. The van der Waals surface area contributed by atoms with Crippen LogP contribution in [0.1, 0.15) is 23.3 Å². The Morgan fingerprint density at radius 2 is 1.96 bits per heavy atom. The smallest absolute Gasteiger partial charge is 0.272 e. The van der Waals surface area contributed by atoms with Crippen LogP contribution in [-0.2, 0) is 9.47 Å². The first kappa shape index (κ1) is 16.5. The summed E-state index contributed by atoms with van der Waals surface area (Å²) in [6.07, 6.45) is 3.79. The summed E-state index contributed by atoms with van der Waals surface area (Å²) in [6, 6.07) is 9.68. The Morgan fingerprint density at radius 3 is 2.72 bits per heavy atom. The summed E-state index contributed by atoms with van der Waals surface area (Å²) in [4.78, 5) is 17.9. The molecular weight excluding hydrogens is 338 g/mol. The maximum absolute atomic E-state index is 13.1. The van der Waals surface area contributed by atoms with E-state index in [2.05, 4.69) is 4.98 Å². The molecule has 6 nitrogen and oxygen atoms in total. The summed E-state index contributed by atoms with van der Waals surface area (Å²) in [6.45, 7) is 2.45. The molecule has 0 aliphatic carbocycles. The summed E-state index contributed by atoms with van der Waals surface area (Å²) in [5.74, 6) is -0.0394. The van der Waals surface area contributed by atoms with Crippen LogP contribution in [0, 0.1) is 4.77 Å². The maximum Gasteiger partial charge on any atom is 0.272 e. The molecule has 2 saturated heterocycles. The largest absolute Gasteiger partial charge is 0.375 e. The van der Waals surface area contributed by atoms with Gasteiger partial charge in [-0.2, -0.15) is 0 Å². The zero-order chi connectivity index (χ0) is 17.2. The van der Waals surface area contributed by atoms with E-state index < -0.39 is 0 Å². The van der Waals surface area contributed by atoms with Gasteiger partial charge in [-0.3, -0.25) is 9.36 Å². The number of aromatic nitrogens is 2. The van der Waals surface area contributed by atoms with E-state index in [-0.39, 0.29) is 18.1 Å². The number of H-pyrrole nitrogens is 1. The van der Waals surface area contributed by atoms with Gasteiger partial charge in [0.2, 0.25) is 0 Å². The Hall–Kier alpha value is -1.96. The summed E-state index contributed by atoms with van der Waals surface area (Å²) < 4.78 is 13.9. The number of carbonyl (C=O) groups is 1. The molecule has 1 aromatic heterocycles. The average Bonchev–Trinajstić information content (AvgIpc) is 3.32. The molecule has 1 aromatic carbocycles. The van der Waals surface area contributed by atoms with Crippen molar-refractivity contribution >= 4 is 18.1 Å². The fourth-order valence-electron chi connectivity index (χ4n) is 3.50. The van der Waals surface area contributed by atoms with Crippen molar-refractivity contribution in [1.82, 2.24) is 14.5 Å². The van der Waals surface area contributed by atoms with Crippen LogP contribution < -0.4 is 0 Å². The van der Waals surface area contributed by atoms with Gasteiger partial charge < -0.3 is 19.4 Å². The number of morpholine rings is 1. The number of nitrogens with one attached hydrogen (secondary N) is 1. The van der Waals surface area contributed by atoms with E-state index in [1.807, 2.05) is 35.2 Å². The molecule has 1 amide bonds. The topological polar surface area (TPSA) is 59.5 Å². The first-order valence-electron chi connectivity index (χ1n) is 8.62. The molecule has 0 bridgehead atoms. The average molecular weight is 359 g/mol. The maximum atomic E-state index is 13.1. The van der Waals surface area contributed by atoms with Gasteiger partial charge in [-0.05, 0) is 37.2 Å². The Labute approximate surface area is 151 Å². The lowest BCUT2D eigenvalue weighted by molar-refractivity contribution is -0.0868. The van der Waals surface area contributed by atoms with Crippen molar-refractivity contribution in [3.05, 3.63) is 47.0 Å². The van der Waals surface area contributed by atoms with Gasteiger partial charge in [-0.25, -0.2) is 0 Å². The number of aromatic amines is 1. The van der Waals surface area contributed by atoms with Gasteiger partial charge in [0.15, 0.2) is 4.77 Å². The molecule has 0 saturated carbocycles. The Balaban J connectivity index is 1.58. The Morgan fingerprint density at radius 1 is 1.16 bits per heavy atom. The van der Waals surface area contributed by atoms with E-state index in [4.69, 9.17) is 21.7 Å². The molecule has 0 unspecified atom stereocenters. The van der Waals surface area contributed by atoms with E-state index in [1.165, 1.54) is 0 Å². The number of hydrogen-bond acceptors (Lipinski definition) is 4. The minimum absolute atomic E-state index is 0.0394. The zero-order valence-corrected chi connectivity index (χ0v) is 14.7. The molecule has 2 atom stereocenters. The Kier molecular flexibility index (Phi) is 4.70. The van der Waals surface area contributed by atoms with Crippen molar-refractivity contribution in [3.8, 4) is 5.69 Å². The van der Waals surface area contributed by atoms with Crippen LogP contribution in [0.4, 0.5) is 0 Å². The fraction of sp³-hybridized carbons (Fsp3) is 0.444. The van der Waals surface area contributed by atoms with Gasteiger partial charge in [0.05, 0.1) is 12.7 Å². The molecular formula is C18H21N3O3S. The first-order valence-corrected chi connectivity index (χ1v) is 9.03. The number of nitrogens with zero attached hydrogens (tertiary/aromatic N) is 2. The van der Waals surface area contributed by atoms with Crippen LogP contribution in [0.3, 0.4) is 0 Å². The second-order valence-corrected chi connectivity index (χ2v) is 6.75. The first-order chi connectivity index (χ1) is 12.2. The molecule has 4 rings (SSSR count). The third-order valence-electron chi connectivity index (χ3n) is 4.77. The highest BCUT2D eigenvalue weighted by Crippen LogP contribution is 2.22. The van der Waals surface area contributed by atoms with E-state index >= 15 is 0 Å². The molecule has 2 aliphatic heterocycles. The van der Waals surface area contributed by atoms with Crippen LogP contribution in [0.15, 0.2) is 36.5 Å². The molecule has 7 heteroatoms. The highest BCUT2D eigenvalue weighted by molar-refractivity contribution is 7.71. The number of carbonyl (C=O) groups excluding carboxylic acids is 1. The van der Waals surface area contributed by atoms with E-state index in [1.54, 1.807) is 10.8 Å². The van der Waals surface area contributed by atoms with Crippen LogP contribution in [-0.4, -0.2) is 58.9 Å². The SMILES string of the molecule is O=C(c1c[nH]c(=S)n1-c1ccccc1)N1CCO[C@H]([C@@H]2CCCO2)C1. The lowest BCUT2D eigenvalue weighted by atomic mass is 10.1. The summed E-state index contributed by atoms with van der Waals surface area (Å²) in [5, 5.41) is 0. The van der Waals surface area contributed by atoms with Crippen molar-refractivity contribution in [2.45, 2.75) is 25.0 Å². The Bertz CT molecular complexity index is 795.